The summed E-state index contributed by atoms with van der Waals surface area (Å²) in [4.78, 5) is 11.1. The molecule has 3 unspecified atom stereocenters. The highest BCUT2D eigenvalue weighted by Gasteiger charge is 2.24. The summed E-state index contributed by atoms with van der Waals surface area (Å²) in [6, 6.07) is 0.401. The molecule has 1 aliphatic rings. The van der Waals surface area contributed by atoms with Crippen LogP contribution in [-0.2, 0) is 9.53 Å². The van der Waals surface area contributed by atoms with Crippen LogP contribution in [0.3, 0.4) is 0 Å². The molecule has 17 heavy (non-hydrogen) atoms. The van der Waals surface area contributed by atoms with Gasteiger partial charge in [0.2, 0.25) is 0 Å². The van der Waals surface area contributed by atoms with Crippen molar-refractivity contribution in [2.75, 3.05) is 19.8 Å². The number of ether oxygens (including phenoxy) is 1. The van der Waals surface area contributed by atoms with E-state index < -0.39 is 5.97 Å². The second-order valence-electron chi connectivity index (χ2n) is 5.52. The zero-order valence-electron chi connectivity index (χ0n) is 11.1. The Morgan fingerprint density at radius 1 is 1.53 bits per heavy atom. The molecule has 0 amide bonds. The second kappa shape index (κ2) is 6.97. The molecular weight excluding hydrogens is 218 g/mol. The van der Waals surface area contributed by atoms with Crippen LogP contribution >= 0.6 is 0 Å². The van der Waals surface area contributed by atoms with Crippen LogP contribution in [0.25, 0.3) is 0 Å². The molecule has 4 nitrogen and oxygen atoms in total. The molecule has 1 fully saturated rings. The number of hydrogen-bond acceptors (Lipinski definition) is 3. The average Bonchev–Trinajstić information content (AvgIpc) is 2.25. The van der Waals surface area contributed by atoms with Gasteiger partial charge in [-0.15, -0.1) is 0 Å². The molecule has 0 radical (unpaired) electrons. The molecule has 3 atom stereocenters. The van der Waals surface area contributed by atoms with Crippen molar-refractivity contribution in [1.82, 2.24) is 5.32 Å². The predicted molar refractivity (Wildman–Crippen MR) is 67.0 cm³/mol. The number of hydrogen-bond donors (Lipinski definition) is 2. The van der Waals surface area contributed by atoms with Gasteiger partial charge in [0.05, 0.1) is 12.5 Å². The Hall–Kier alpha value is -0.610. The van der Waals surface area contributed by atoms with E-state index in [4.69, 9.17) is 9.84 Å². The molecule has 0 aromatic heterocycles. The highest BCUT2D eigenvalue weighted by molar-refractivity contribution is 5.70. The quantitative estimate of drug-likeness (QED) is 0.746. The van der Waals surface area contributed by atoms with Crippen LogP contribution in [0.1, 0.15) is 33.6 Å². The minimum atomic E-state index is -0.689. The lowest BCUT2D eigenvalue weighted by molar-refractivity contribution is -0.142. The first kappa shape index (κ1) is 14.5. The maximum Gasteiger partial charge on any atom is 0.307 e. The van der Waals surface area contributed by atoms with Crippen LogP contribution in [0.4, 0.5) is 0 Å². The van der Waals surface area contributed by atoms with Crippen molar-refractivity contribution in [2.24, 2.45) is 17.8 Å². The van der Waals surface area contributed by atoms with Crippen molar-refractivity contribution in [1.29, 1.82) is 0 Å². The predicted octanol–water partition coefficient (Wildman–Crippen LogP) is 1.75. The largest absolute Gasteiger partial charge is 0.481 e. The SMILES string of the molecule is CC(C)CC(CNC1CCOCC1C)C(=O)O. The molecule has 0 spiro atoms. The van der Waals surface area contributed by atoms with Crippen molar-refractivity contribution in [3.8, 4) is 0 Å². The summed E-state index contributed by atoms with van der Waals surface area (Å²) in [5.74, 6) is -0.0711. The fraction of sp³-hybridized carbons (Fsp3) is 0.923. The first-order chi connectivity index (χ1) is 8.00. The third-order valence-corrected chi connectivity index (χ3v) is 3.37. The van der Waals surface area contributed by atoms with Crippen molar-refractivity contribution in [2.45, 2.75) is 39.7 Å². The summed E-state index contributed by atoms with van der Waals surface area (Å²) in [6.07, 6.45) is 1.72. The van der Waals surface area contributed by atoms with Gasteiger partial charge < -0.3 is 15.2 Å². The van der Waals surface area contributed by atoms with Crippen LogP contribution in [-0.4, -0.2) is 36.9 Å². The fourth-order valence-corrected chi connectivity index (χ4v) is 2.32. The maximum absolute atomic E-state index is 11.1. The van der Waals surface area contributed by atoms with Gasteiger partial charge in [-0.1, -0.05) is 20.8 Å². The van der Waals surface area contributed by atoms with E-state index in [-0.39, 0.29) is 5.92 Å². The molecule has 4 heteroatoms. The van der Waals surface area contributed by atoms with E-state index in [9.17, 15) is 4.79 Å². The number of carboxylic acids is 1. The second-order valence-corrected chi connectivity index (χ2v) is 5.52. The molecule has 0 aliphatic carbocycles. The third kappa shape index (κ3) is 5.04. The van der Waals surface area contributed by atoms with Crippen LogP contribution in [0.15, 0.2) is 0 Å². The van der Waals surface area contributed by atoms with Crippen molar-refractivity contribution < 1.29 is 14.6 Å². The number of carbonyl (C=O) groups is 1. The van der Waals surface area contributed by atoms with E-state index in [0.717, 1.165) is 26.1 Å². The van der Waals surface area contributed by atoms with Gasteiger partial charge in [-0.05, 0) is 24.7 Å². The van der Waals surface area contributed by atoms with E-state index in [2.05, 4.69) is 26.1 Å². The smallest absolute Gasteiger partial charge is 0.307 e. The molecule has 0 bridgehead atoms. The summed E-state index contributed by atoms with van der Waals surface area (Å²) in [5.41, 5.74) is 0. The van der Waals surface area contributed by atoms with E-state index >= 15 is 0 Å². The Labute approximate surface area is 104 Å². The summed E-state index contributed by atoms with van der Waals surface area (Å²) in [5, 5.41) is 12.6. The first-order valence-corrected chi connectivity index (χ1v) is 6.54. The molecule has 0 aromatic carbocycles. The van der Waals surface area contributed by atoms with E-state index in [1.165, 1.54) is 0 Å². The zero-order valence-corrected chi connectivity index (χ0v) is 11.1. The summed E-state index contributed by atoms with van der Waals surface area (Å²) in [7, 11) is 0. The van der Waals surface area contributed by atoms with E-state index in [0.29, 0.717) is 24.4 Å². The fourth-order valence-electron chi connectivity index (χ4n) is 2.32. The Morgan fingerprint density at radius 2 is 2.24 bits per heavy atom. The van der Waals surface area contributed by atoms with Crippen molar-refractivity contribution >= 4 is 5.97 Å². The molecule has 2 N–H and O–H groups in total. The van der Waals surface area contributed by atoms with Crippen LogP contribution in [0.2, 0.25) is 0 Å². The van der Waals surface area contributed by atoms with E-state index in [1.807, 2.05) is 0 Å². The van der Waals surface area contributed by atoms with Crippen LogP contribution < -0.4 is 5.32 Å². The zero-order chi connectivity index (χ0) is 12.8. The lowest BCUT2D eigenvalue weighted by Gasteiger charge is -2.30. The molecule has 1 heterocycles. The van der Waals surface area contributed by atoms with Gasteiger partial charge in [0.25, 0.3) is 0 Å². The lowest BCUT2D eigenvalue weighted by atomic mass is 9.94. The van der Waals surface area contributed by atoms with Gasteiger partial charge in [-0.3, -0.25) is 4.79 Å². The molecule has 0 aromatic rings. The molecule has 100 valence electrons. The molecule has 1 rings (SSSR count). The topological polar surface area (TPSA) is 58.6 Å². The summed E-state index contributed by atoms with van der Waals surface area (Å²) >= 11 is 0. The lowest BCUT2D eigenvalue weighted by Crippen LogP contribution is -2.44. The van der Waals surface area contributed by atoms with Gasteiger partial charge in [0.1, 0.15) is 0 Å². The normalized spacial score (nSPS) is 27.1. The minimum absolute atomic E-state index is 0.273. The minimum Gasteiger partial charge on any atom is -0.481 e. The Bertz CT molecular complexity index is 243. The average molecular weight is 243 g/mol. The van der Waals surface area contributed by atoms with Crippen LogP contribution in [0.5, 0.6) is 0 Å². The Kier molecular flexibility index (Phi) is 5.92. The summed E-state index contributed by atoms with van der Waals surface area (Å²) < 4.78 is 5.37. The van der Waals surface area contributed by atoms with E-state index in [1.54, 1.807) is 0 Å². The van der Waals surface area contributed by atoms with Gasteiger partial charge in [-0.2, -0.15) is 0 Å². The number of rotatable bonds is 6. The highest BCUT2D eigenvalue weighted by Crippen LogP contribution is 2.16. The Balaban J connectivity index is 2.37. The van der Waals surface area contributed by atoms with Gasteiger partial charge >= 0.3 is 5.97 Å². The monoisotopic (exact) mass is 243 g/mol. The number of carboxylic acid groups (broad SMARTS) is 1. The Morgan fingerprint density at radius 3 is 2.76 bits per heavy atom. The molecule has 1 saturated heterocycles. The maximum atomic E-state index is 11.1. The summed E-state index contributed by atoms with van der Waals surface area (Å²) in [6.45, 7) is 8.40. The highest BCUT2D eigenvalue weighted by atomic mass is 16.5. The number of aliphatic carboxylic acids is 1. The van der Waals surface area contributed by atoms with Gasteiger partial charge in [0, 0.05) is 19.2 Å². The van der Waals surface area contributed by atoms with Gasteiger partial charge in [0.15, 0.2) is 0 Å². The number of nitrogens with one attached hydrogen (secondary N) is 1. The molecular formula is C13H25NO3. The van der Waals surface area contributed by atoms with Crippen molar-refractivity contribution in [3.05, 3.63) is 0 Å². The molecule has 1 aliphatic heterocycles. The van der Waals surface area contributed by atoms with Crippen molar-refractivity contribution in [3.63, 3.8) is 0 Å². The van der Waals surface area contributed by atoms with Crippen LogP contribution in [0, 0.1) is 17.8 Å². The molecule has 0 saturated carbocycles. The standard InChI is InChI=1S/C13H25NO3/c1-9(2)6-11(13(15)16)7-14-12-4-5-17-8-10(12)3/h9-12,14H,4-8H2,1-3H3,(H,15,16). The third-order valence-electron chi connectivity index (χ3n) is 3.37. The first-order valence-electron chi connectivity index (χ1n) is 6.54. The van der Waals surface area contributed by atoms with Gasteiger partial charge in [-0.25, -0.2) is 0 Å².